The Kier molecular flexibility index (Phi) is 4.13. The molecular weight excluding hydrogens is 352 g/mol. The van der Waals surface area contributed by atoms with Crippen LogP contribution in [0.1, 0.15) is 16.1 Å². The molecule has 2 aromatic carbocycles. The number of fused-ring (bicyclic) bond motifs is 1. The summed E-state index contributed by atoms with van der Waals surface area (Å²) in [4.78, 5) is 22.3. The summed E-state index contributed by atoms with van der Waals surface area (Å²) in [5, 5.41) is 15.6. The Morgan fingerprint density at radius 1 is 1.07 bits per heavy atom. The largest absolute Gasteiger partial charge is 0.455 e. The highest BCUT2D eigenvalue weighted by molar-refractivity contribution is 5.90. The zero-order chi connectivity index (χ0) is 18.8. The molecule has 0 unspecified atom stereocenters. The Hall–Kier alpha value is -3.94. The number of benzene rings is 2. The molecule has 2 heterocycles. The second-order valence-corrected chi connectivity index (χ2v) is 5.71. The predicted octanol–water partition coefficient (Wildman–Crippen LogP) is 4.35. The highest BCUT2D eigenvalue weighted by Crippen LogP contribution is 2.28. The maximum Gasteiger partial charge on any atom is 0.338 e. The molecular formula is C19H12N2O6. The Morgan fingerprint density at radius 2 is 1.93 bits per heavy atom. The molecule has 0 bridgehead atoms. The van der Waals surface area contributed by atoms with E-state index in [-0.39, 0.29) is 17.9 Å². The van der Waals surface area contributed by atoms with E-state index in [1.807, 2.05) is 30.3 Å². The van der Waals surface area contributed by atoms with Gasteiger partial charge in [0, 0.05) is 23.6 Å². The molecule has 0 N–H and O–H groups in total. The second-order valence-electron chi connectivity index (χ2n) is 5.71. The van der Waals surface area contributed by atoms with Gasteiger partial charge in [0.25, 0.3) is 5.69 Å². The zero-order valence-electron chi connectivity index (χ0n) is 13.8. The first kappa shape index (κ1) is 16.5. The third-order valence-electron chi connectivity index (χ3n) is 3.87. The van der Waals surface area contributed by atoms with Crippen molar-refractivity contribution in [1.82, 2.24) is 5.16 Å². The molecule has 0 aliphatic heterocycles. The van der Waals surface area contributed by atoms with Crippen molar-refractivity contribution in [2.24, 2.45) is 0 Å². The number of nitrogens with zero attached hydrogens (tertiary/aromatic N) is 2. The van der Waals surface area contributed by atoms with Crippen molar-refractivity contribution in [2.75, 3.05) is 0 Å². The lowest BCUT2D eigenvalue weighted by Crippen LogP contribution is -2.05. The van der Waals surface area contributed by atoms with E-state index in [4.69, 9.17) is 13.7 Å². The molecule has 134 valence electrons. The first-order valence-electron chi connectivity index (χ1n) is 7.96. The van der Waals surface area contributed by atoms with Crippen LogP contribution in [-0.2, 0) is 11.3 Å². The number of ether oxygens (including phenoxy) is 1. The fourth-order valence-corrected chi connectivity index (χ4v) is 2.57. The van der Waals surface area contributed by atoms with E-state index < -0.39 is 10.9 Å². The van der Waals surface area contributed by atoms with E-state index in [2.05, 4.69) is 5.16 Å². The number of nitro groups is 1. The third kappa shape index (κ3) is 3.40. The van der Waals surface area contributed by atoms with Gasteiger partial charge in [-0.25, -0.2) is 4.79 Å². The molecule has 0 aliphatic carbocycles. The average molecular weight is 364 g/mol. The number of carbonyl (C=O) groups excluding carboxylic acids is 1. The summed E-state index contributed by atoms with van der Waals surface area (Å²) in [5.74, 6) is 0.236. The third-order valence-corrected chi connectivity index (χ3v) is 3.87. The number of hydrogen-bond donors (Lipinski definition) is 0. The highest BCUT2D eigenvalue weighted by Gasteiger charge is 2.15. The number of furan rings is 1. The molecule has 0 spiro atoms. The van der Waals surface area contributed by atoms with Crippen molar-refractivity contribution in [1.29, 1.82) is 0 Å². The minimum Gasteiger partial charge on any atom is -0.455 e. The molecule has 4 rings (SSSR count). The van der Waals surface area contributed by atoms with Crippen molar-refractivity contribution in [3.05, 3.63) is 82.0 Å². The van der Waals surface area contributed by atoms with Crippen LogP contribution in [0.25, 0.3) is 22.5 Å². The molecule has 8 heteroatoms. The molecule has 0 fully saturated rings. The number of hydrogen-bond acceptors (Lipinski definition) is 7. The highest BCUT2D eigenvalue weighted by atomic mass is 16.6. The quantitative estimate of drug-likeness (QED) is 0.294. The molecule has 0 saturated carbocycles. The fraction of sp³-hybridized carbons (Fsp3) is 0.0526. The van der Waals surface area contributed by atoms with E-state index in [1.165, 1.54) is 18.2 Å². The first-order chi connectivity index (χ1) is 13.1. The van der Waals surface area contributed by atoms with E-state index in [9.17, 15) is 14.9 Å². The lowest BCUT2D eigenvalue weighted by molar-refractivity contribution is -0.384. The van der Waals surface area contributed by atoms with Crippen molar-refractivity contribution in [2.45, 2.75) is 6.61 Å². The van der Waals surface area contributed by atoms with Gasteiger partial charge in [-0.15, -0.1) is 0 Å². The minimum atomic E-state index is -0.688. The topological polar surface area (TPSA) is 109 Å². The molecule has 0 atom stereocenters. The Morgan fingerprint density at radius 3 is 2.74 bits per heavy atom. The minimum absolute atomic E-state index is 0.0882. The Labute approximate surface area is 152 Å². The summed E-state index contributed by atoms with van der Waals surface area (Å²) in [6.07, 6.45) is 0. The van der Waals surface area contributed by atoms with Gasteiger partial charge in [-0.1, -0.05) is 29.4 Å². The molecule has 8 nitrogen and oxygen atoms in total. The Bertz CT molecular complexity index is 1110. The van der Waals surface area contributed by atoms with Gasteiger partial charge in [0.2, 0.25) is 5.76 Å². The van der Waals surface area contributed by atoms with Crippen molar-refractivity contribution < 1.29 is 23.4 Å². The van der Waals surface area contributed by atoms with Crippen molar-refractivity contribution >= 4 is 22.6 Å². The van der Waals surface area contributed by atoms with Crippen LogP contribution in [0, 0.1) is 10.1 Å². The Balaban J connectivity index is 1.46. The van der Waals surface area contributed by atoms with Gasteiger partial charge in [0.1, 0.15) is 17.9 Å². The summed E-state index contributed by atoms with van der Waals surface area (Å²) in [6, 6.07) is 16.3. The fourth-order valence-electron chi connectivity index (χ4n) is 2.57. The van der Waals surface area contributed by atoms with Crippen LogP contribution in [-0.4, -0.2) is 16.0 Å². The number of nitro benzene ring substituents is 1. The lowest BCUT2D eigenvalue weighted by Gasteiger charge is -2.02. The number of aromatic nitrogens is 1. The maximum absolute atomic E-state index is 12.1. The van der Waals surface area contributed by atoms with E-state index in [0.29, 0.717) is 17.2 Å². The molecule has 0 aliphatic rings. The number of esters is 1. The maximum atomic E-state index is 12.1. The number of carbonyl (C=O) groups is 1. The second kappa shape index (κ2) is 6.75. The van der Waals surface area contributed by atoms with Gasteiger partial charge in [-0.05, 0) is 18.2 Å². The summed E-state index contributed by atoms with van der Waals surface area (Å²) >= 11 is 0. The number of rotatable bonds is 5. The monoisotopic (exact) mass is 364 g/mol. The van der Waals surface area contributed by atoms with Crippen LogP contribution in [0.3, 0.4) is 0 Å². The van der Waals surface area contributed by atoms with Gasteiger partial charge in [0.15, 0.2) is 5.76 Å². The van der Waals surface area contributed by atoms with Crippen LogP contribution < -0.4 is 0 Å². The summed E-state index contributed by atoms with van der Waals surface area (Å²) in [5.41, 5.74) is 1.02. The lowest BCUT2D eigenvalue weighted by atomic mass is 10.2. The predicted molar refractivity (Wildman–Crippen MR) is 93.9 cm³/mol. The van der Waals surface area contributed by atoms with Crippen LogP contribution in [0.4, 0.5) is 5.69 Å². The van der Waals surface area contributed by atoms with Crippen LogP contribution >= 0.6 is 0 Å². The summed E-state index contributed by atoms with van der Waals surface area (Å²) in [7, 11) is 0. The normalized spacial score (nSPS) is 10.8. The van der Waals surface area contributed by atoms with E-state index >= 15 is 0 Å². The van der Waals surface area contributed by atoms with Crippen molar-refractivity contribution in [3.8, 4) is 11.5 Å². The van der Waals surface area contributed by atoms with Gasteiger partial charge in [-0.2, -0.15) is 0 Å². The van der Waals surface area contributed by atoms with Gasteiger partial charge >= 0.3 is 5.97 Å². The molecule has 0 saturated heterocycles. The first-order valence-corrected chi connectivity index (χ1v) is 7.96. The number of para-hydroxylation sites is 1. The average Bonchev–Trinajstić information content (AvgIpc) is 3.32. The summed E-state index contributed by atoms with van der Waals surface area (Å²) in [6.45, 7) is -0.134. The zero-order valence-corrected chi connectivity index (χ0v) is 13.8. The molecule has 2 aromatic heterocycles. The van der Waals surface area contributed by atoms with Gasteiger partial charge in [-0.3, -0.25) is 10.1 Å². The summed E-state index contributed by atoms with van der Waals surface area (Å²) < 4.78 is 16.1. The molecule has 0 amide bonds. The standard InChI is InChI=1S/C19H12N2O6/c22-19(13-5-3-6-15(8-13)21(23)24)25-11-14-10-18(27-20-14)17-9-12-4-1-2-7-16(12)26-17/h1-10H,11H2. The number of non-ortho nitro benzene ring substituents is 1. The van der Waals surface area contributed by atoms with Gasteiger partial charge < -0.3 is 13.7 Å². The molecule has 4 aromatic rings. The SMILES string of the molecule is O=C(OCc1cc(-c2cc3ccccc3o2)on1)c1cccc([N+](=O)[O-])c1. The van der Waals surface area contributed by atoms with Crippen molar-refractivity contribution in [3.63, 3.8) is 0 Å². The van der Waals surface area contributed by atoms with E-state index in [1.54, 1.807) is 6.07 Å². The van der Waals surface area contributed by atoms with Crippen LogP contribution in [0.15, 0.2) is 69.6 Å². The van der Waals surface area contributed by atoms with Crippen LogP contribution in [0.2, 0.25) is 0 Å². The molecule has 0 radical (unpaired) electrons. The van der Waals surface area contributed by atoms with Gasteiger partial charge in [0.05, 0.1) is 10.5 Å². The van der Waals surface area contributed by atoms with Crippen LogP contribution in [0.5, 0.6) is 0 Å². The smallest absolute Gasteiger partial charge is 0.338 e. The molecule has 27 heavy (non-hydrogen) atoms. The van der Waals surface area contributed by atoms with E-state index in [0.717, 1.165) is 17.0 Å².